The molecule has 0 aliphatic rings. The van der Waals surface area contributed by atoms with Crippen molar-refractivity contribution >= 4 is 21.6 Å². The van der Waals surface area contributed by atoms with Gasteiger partial charge in [-0.25, -0.2) is 9.97 Å². The molecule has 0 atom stereocenters. The van der Waals surface area contributed by atoms with E-state index >= 15 is 0 Å². The van der Waals surface area contributed by atoms with Crippen LogP contribution in [0.2, 0.25) is 0 Å². The second-order valence-corrected chi connectivity index (χ2v) is 5.57. The van der Waals surface area contributed by atoms with Crippen LogP contribution in [0.25, 0.3) is 5.69 Å². The van der Waals surface area contributed by atoms with Crippen molar-refractivity contribution < 1.29 is 0 Å². The van der Waals surface area contributed by atoms with Gasteiger partial charge in [0.25, 0.3) is 0 Å². The average molecular weight is 343 g/mol. The standard InChI is InChI=1S/C16H15BrN4/c1-12-15(6-7-16(17)20-12)19-10-13-2-4-14(5-3-13)21-9-8-18-11-21/h2-9,11,19H,10H2,1H3. The first kappa shape index (κ1) is 13.8. The molecule has 1 aromatic carbocycles. The van der Waals surface area contributed by atoms with Crippen molar-refractivity contribution in [3.63, 3.8) is 0 Å². The predicted molar refractivity (Wildman–Crippen MR) is 87.6 cm³/mol. The molecule has 0 bridgehead atoms. The highest BCUT2D eigenvalue weighted by molar-refractivity contribution is 9.10. The first-order chi connectivity index (χ1) is 10.2. The van der Waals surface area contributed by atoms with Gasteiger partial charge in [0.05, 0.1) is 17.7 Å². The minimum Gasteiger partial charge on any atom is -0.380 e. The second-order valence-electron chi connectivity index (χ2n) is 4.76. The third-order valence-electron chi connectivity index (χ3n) is 3.27. The van der Waals surface area contributed by atoms with Gasteiger partial charge in [0, 0.05) is 24.6 Å². The van der Waals surface area contributed by atoms with Gasteiger partial charge in [-0.3, -0.25) is 0 Å². The second kappa shape index (κ2) is 6.10. The summed E-state index contributed by atoms with van der Waals surface area (Å²) in [6.45, 7) is 2.77. The third kappa shape index (κ3) is 3.31. The number of hydrogen-bond donors (Lipinski definition) is 1. The van der Waals surface area contributed by atoms with Gasteiger partial charge in [-0.2, -0.15) is 0 Å². The highest BCUT2D eigenvalue weighted by Gasteiger charge is 2.01. The van der Waals surface area contributed by atoms with Crippen molar-refractivity contribution in [1.82, 2.24) is 14.5 Å². The van der Waals surface area contributed by atoms with E-state index in [4.69, 9.17) is 0 Å². The van der Waals surface area contributed by atoms with Crippen LogP contribution in [-0.4, -0.2) is 14.5 Å². The fourth-order valence-electron chi connectivity index (χ4n) is 2.11. The number of pyridine rings is 1. The molecule has 0 amide bonds. The van der Waals surface area contributed by atoms with Gasteiger partial charge in [0.15, 0.2) is 0 Å². The number of anilines is 1. The maximum absolute atomic E-state index is 4.38. The monoisotopic (exact) mass is 342 g/mol. The molecule has 0 fully saturated rings. The normalized spacial score (nSPS) is 10.6. The summed E-state index contributed by atoms with van der Waals surface area (Å²) in [5, 5.41) is 3.41. The molecular formula is C16H15BrN4. The van der Waals surface area contributed by atoms with Gasteiger partial charge in [-0.1, -0.05) is 12.1 Å². The molecule has 2 heterocycles. The van der Waals surface area contributed by atoms with E-state index in [-0.39, 0.29) is 0 Å². The number of imidazole rings is 1. The quantitative estimate of drug-likeness (QED) is 0.730. The third-order valence-corrected chi connectivity index (χ3v) is 3.72. The zero-order valence-electron chi connectivity index (χ0n) is 11.6. The molecule has 106 valence electrons. The molecule has 0 spiro atoms. The van der Waals surface area contributed by atoms with Crippen LogP contribution in [0.15, 0.2) is 59.7 Å². The van der Waals surface area contributed by atoms with Crippen molar-refractivity contribution in [3.05, 3.63) is 71.0 Å². The summed E-state index contributed by atoms with van der Waals surface area (Å²) in [5.74, 6) is 0. The number of aromatic nitrogens is 3. The van der Waals surface area contributed by atoms with E-state index in [1.807, 2.05) is 29.8 Å². The van der Waals surface area contributed by atoms with Crippen LogP contribution in [0.1, 0.15) is 11.3 Å². The number of hydrogen-bond acceptors (Lipinski definition) is 3. The summed E-state index contributed by atoms with van der Waals surface area (Å²) in [6, 6.07) is 12.4. The molecule has 3 aromatic rings. The number of rotatable bonds is 4. The summed E-state index contributed by atoms with van der Waals surface area (Å²) in [6.07, 6.45) is 5.51. The molecule has 0 aliphatic heterocycles. The minimum absolute atomic E-state index is 0.772. The fraction of sp³-hybridized carbons (Fsp3) is 0.125. The van der Waals surface area contributed by atoms with E-state index in [1.54, 1.807) is 12.5 Å². The van der Waals surface area contributed by atoms with Crippen LogP contribution in [0, 0.1) is 6.92 Å². The number of halogens is 1. The Hall–Kier alpha value is -2.14. The number of benzene rings is 1. The number of nitrogens with zero attached hydrogens (tertiary/aromatic N) is 3. The molecule has 0 unspecified atom stereocenters. The number of aryl methyl sites for hydroxylation is 1. The molecule has 21 heavy (non-hydrogen) atoms. The Labute approximate surface area is 132 Å². The van der Waals surface area contributed by atoms with Crippen molar-refractivity contribution in [2.45, 2.75) is 13.5 Å². The van der Waals surface area contributed by atoms with Crippen LogP contribution in [0.4, 0.5) is 5.69 Å². The Balaban J connectivity index is 1.68. The van der Waals surface area contributed by atoms with Gasteiger partial charge >= 0.3 is 0 Å². The Bertz CT molecular complexity index is 721. The van der Waals surface area contributed by atoms with Crippen molar-refractivity contribution in [2.75, 3.05) is 5.32 Å². The summed E-state index contributed by atoms with van der Waals surface area (Å²) >= 11 is 3.37. The van der Waals surface area contributed by atoms with Crippen LogP contribution in [0.3, 0.4) is 0 Å². The van der Waals surface area contributed by atoms with Crippen molar-refractivity contribution in [1.29, 1.82) is 0 Å². The number of nitrogens with one attached hydrogen (secondary N) is 1. The average Bonchev–Trinajstić information content (AvgIpc) is 3.01. The lowest BCUT2D eigenvalue weighted by molar-refractivity contribution is 1.05. The predicted octanol–water partition coefficient (Wildman–Crippen LogP) is 3.95. The lowest BCUT2D eigenvalue weighted by Gasteiger charge is -2.10. The maximum Gasteiger partial charge on any atom is 0.106 e. The maximum atomic E-state index is 4.38. The van der Waals surface area contributed by atoms with Gasteiger partial charge in [-0.05, 0) is 52.7 Å². The van der Waals surface area contributed by atoms with Gasteiger partial charge < -0.3 is 9.88 Å². The lowest BCUT2D eigenvalue weighted by atomic mass is 10.2. The Morgan fingerprint density at radius 3 is 2.62 bits per heavy atom. The van der Waals surface area contributed by atoms with E-state index in [0.29, 0.717) is 0 Å². The molecule has 0 saturated carbocycles. The van der Waals surface area contributed by atoms with Crippen LogP contribution >= 0.6 is 15.9 Å². The van der Waals surface area contributed by atoms with E-state index in [1.165, 1.54) is 5.56 Å². The van der Waals surface area contributed by atoms with E-state index in [0.717, 1.165) is 28.2 Å². The molecular weight excluding hydrogens is 328 g/mol. The molecule has 1 N–H and O–H groups in total. The van der Waals surface area contributed by atoms with E-state index in [2.05, 4.69) is 55.5 Å². The summed E-state index contributed by atoms with van der Waals surface area (Å²) in [4.78, 5) is 8.43. The van der Waals surface area contributed by atoms with Crippen molar-refractivity contribution in [3.8, 4) is 5.69 Å². The minimum atomic E-state index is 0.772. The fourth-order valence-corrected chi connectivity index (χ4v) is 2.51. The first-order valence-electron chi connectivity index (χ1n) is 6.67. The largest absolute Gasteiger partial charge is 0.380 e. The van der Waals surface area contributed by atoms with E-state index < -0.39 is 0 Å². The first-order valence-corrected chi connectivity index (χ1v) is 7.46. The highest BCUT2D eigenvalue weighted by Crippen LogP contribution is 2.17. The molecule has 4 nitrogen and oxygen atoms in total. The molecule has 0 saturated heterocycles. The molecule has 2 aromatic heterocycles. The Morgan fingerprint density at radius 2 is 1.95 bits per heavy atom. The van der Waals surface area contributed by atoms with Crippen LogP contribution < -0.4 is 5.32 Å². The summed E-state index contributed by atoms with van der Waals surface area (Å²) in [5.41, 5.74) is 4.37. The Kier molecular flexibility index (Phi) is 4.01. The van der Waals surface area contributed by atoms with Gasteiger partial charge in [-0.15, -0.1) is 0 Å². The Morgan fingerprint density at radius 1 is 1.14 bits per heavy atom. The van der Waals surface area contributed by atoms with E-state index in [9.17, 15) is 0 Å². The lowest BCUT2D eigenvalue weighted by Crippen LogP contribution is -2.02. The summed E-state index contributed by atoms with van der Waals surface area (Å²) < 4.78 is 2.84. The molecule has 0 aliphatic carbocycles. The van der Waals surface area contributed by atoms with Crippen LogP contribution in [0.5, 0.6) is 0 Å². The summed E-state index contributed by atoms with van der Waals surface area (Å²) in [7, 11) is 0. The van der Waals surface area contributed by atoms with Gasteiger partial charge in [0.2, 0.25) is 0 Å². The highest BCUT2D eigenvalue weighted by atomic mass is 79.9. The van der Waals surface area contributed by atoms with Gasteiger partial charge in [0.1, 0.15) is 4.60 Å². The van der Waals surface area contributed by atoms with Crippen molar-refractivity contribution in [2.24, 2.45) is 0 Å². The molecule has 3 rings (SSSR count). The molecule has 0 radical (unpaired) electrons. The molecule has 5 heteroatoms. The zero-order chi connectivity index (χ0) is 14.7. The zero-order valence-corrected chi connectivity index (χ0v) is 13.2. The smallest absolute Gasteiger partial charge is 0.106 e. The SMILES string of the molecule is Cc1nc(Br)ccc1NCc1ccc(-n2ccnc2)cc1. The topological polar surface area (TPSA) is 42.7 Å². The van der Waals surface area contributed by atoms with Crippen LogP contribution in [-0.2, 0) is 6.54 Å².